The summed E-state index contributed by atoms with van der Waals surface area (Å²) >= 11 is 4.50. The molecule has 1 aromatic carbocycles. The Morgan fingerprint density at radius 3 is 2.46 bits per heavy atom. The summed E-state index contributed by atoms with van der Waals surface area (Å²) in [6, 6.07) is 8.43. The molecule has 1 atom stereocenters. The average molecular weight is 347 g/mol. The van der Waals surface area contributed by atoms with E-state index in [1.165, 1.54) is 11.1 Å². The van der Waals surface area contributed by atoms with Crippen LogP contribution in [0, 0.1) is 11.3 Å². The minimum Gasteiger partial charge on any atom is -0.481 e. The van der Waals surface area contributed by atoms with Crippen LogP contribution in [0.3, 0.4) is 0 Å². The number of benzene rings is 1. The second-order valence-corrected chi connectivity index (χ2v) is 7.56. The van der Waals surface area contributed by atoms with E-state index in [0.29, 0.717) is 18.6 Å². The lowest BCUT2D eigenvalue weighted by molar-refractivity contribution is -0.142. The number of amides is 1. The van der Waals surface area contributed by atoms with Crippen LogP contribution in [0.5, 0.6) is 0 Å². The van der Waals surface area contributed by atoms with Gasteiger partial charge in [0.25, 0.3) is 0 Å². The predicted molar refractivity (Wildman–Crippen MR) is 96.3 cm³/mol. The number of carbonyl (C=O) groups is 2. The standard InChI is InChI=1S/C19H25NO3S/c21-17(22)14-5-7-16(8-6-14)20-18(23)19(12-24)10-9-13-3-1-2-4-15(13)11-19/h1-4,14,16,24H,5-12H2,(H,20,23)(H,21,22)/t14-,16+,19?. The van der Waals surface area contributed by atoms with Crippen molar-refractivity contribution in [3.63, 3.8) is 0 Å². The largest absolute Gasteiger partial charge is 0.481 e. The first-order valence-electron chi connectivity index (χ1n) is 8.75. The van der Waals surface area contributed by atoms with Gasteiger partial charge in [-0.15, -0.1) is 0 Å². The van der Waals surface area contributed by atoms with Gasteiger partial charge in [0, 0.05) is 11.8 Å². The number of nitrogens with one attached hydrogen (secondary N) is 1. The van der Waals surface area contributed by atoms with E-state index in [9.17, 15) is 9.59 Å². The Bertz CT molecular complexity index is 625. The first-order valence-corrected chi connectivity index (χ1v) is 9.39. The molecule has 0 saturated heterocycles. The smallest absolute Gasteiger partial charge is 0.306 e. The zero-order valence-corrected chi connectivity index (χ0v) is 14.7. The van der Waals surface area contributed by atoms with E-state index < -0.39 is 11.4 Å². The Hall–Kier alpha value is -1.49. The van der Waals surface area contributed by atoms with Crippen molar-refractivity contribution >= 4 is 24.5 Å². The summed E-state index contributed by atoms with van der Waals surface area (Å²) in [6.07, 6.45) is 5.28. The van der Waals surface area contributed by atoms with E-state index in [0.717, 1.165) is 32.1 Å². The highest BCUT2D eigenvalue weighted by Gasteiger charge is 2.41. The van der Waals surface area contributed by atoms with Crippen molar-refractivity contribution in [3.8, 4) is 0 Å². The summed E-state index contributed by atoms with van der Waals surface area (Å²) in [5.41, 5.74) is 2.15. The normalized spacial score (nSPS) is 29.5. The third-order valence-corrected chi connectivity index (χ3v) is 6.32. The fourth-order valence-corrected chi connectivity index (χ4v) is 4.44. The number of thiol groups is 1. The van der Waals surface area contributed by atoms with E-state index in [1.54, 1.807) is 0 Å². The summed E-state index contributed by atoms with van der Waals surface area (Å²) in [5.74, 6) is -0.336. The van der Waals surface area contributed by atoms with Gasteiger partial charge in [-0.2, -0.15) is 12.6 Å². The Labute approximate surface area is 148 Å². The molecule has 1 aromatic rings. The fourth-order valence-electron chi connectivity index (χ4n) is 4.02. The first kappa shape index (κ1) is 17.3. The molecule has 2 aliphatic rings. The molecule has 130 valence electrons. The van der Waals surface area contributed by atoms with Crippen LogP contribution in [0.1, 0.15) is 43.2 Å². The Kier molecular flexibility index (Phi) is 5.18. The van der Waals surface area contributed by atoms with Gasteiger partial charge in [0.1, 0.15) is 0 Å². The van der Waals surface area contributed by atoms with Gasteiger partial charge in [-0.25, -0.2) is 0 Å². The number of aryl methyl sites for hydroxylation is 1. The number of rotatable bonds is 4. The average Bonchev–Trinajstić information content (AvgIpc) is 2.61. The number of carbonyl (C=O) groups excluding carboxylic acids is 1. The van der Waals surface area contributed by atoms with Crippen LogP contribution in [0.25, 0.3) is 0 Å². The molecule has 24 heavy (non-hydrogen) atoms. The number of fused-ring (bicyclic) bond motifs is 1. The zero-order chi connectivity index (χ0) is 17.2. The number of hydrogen-bond acceptors (Lipinski definition) is 3. The second-order valence-electron chi connectivity index (χ2n) is 7.24. The summed E-state index contributed by atoms with van der Waals surface area (Å²) in [4.78, 5) is 24.0. The molecule has 1 unspecified atom stereocenters. The Balaban J connectivity index is 1.64. The van der Waals surface area contributed by atoms with Gasteiger partial charge < -0.3 is 10.4 Å². The third kappa shape index (κ3) is 3.46. The number of carboxylic acid groups (broad SMARTS) is 1. The molecule has 0 aliphatic heterocycles. The number of carboxylic acids is 1. The molecule has 1 fully saturated rings. The van der Waals surface area contributed by atoms with Gasteiger partial charge in [-0.05, 0) is 56.1 Å². The van der Waals surface area contributed by atoms with Crippen LogP contribution in [0.15, 0.2) is 24.3 Å². The van der Waals surface area contributed by atoms with E-state index in [-0.39, 0.29) is 17.9 Å². The van der Waals surface area contributed by atoms with Gasteiger partial charge >= 0.3 is 5.97 Å². The Morgan fingerprint density at radius 2 is 1.83 bits per heavy atom. The minimum absolute atomic E-state index is 0.0887. The lowest BCUT2D eigenvalue weighted by Gasteiger charge is -2.38. The second kappa shape index (κ2) is 7.18. The molecule has 0 spiro atoms. The molecular weight excluding hydrogens is 322 g/mol. The van der Waals surface area contributed by atoms with Crippen LogP contribution in [0.2, 0.25) is 0 Å². The van der Waals surface area contributed by atoms with Crippen molar-refractivity contribution in [2.24, 2.45) is 11.3 Å². The highest BCUT2D eigenvalue weighted by Crippen LogP contribution is 2.37. The maximum atomic E-state index is 13.0. The molecule has 0 radical (unpaired) electrons. The van der Waals surface area contributed by atoms with E-state index in [4.69, 9.17) is 5.11 Å². The van der Waals surface area contributed by atoms with Crippen molar-refractivity contribution < 1.29 is 14.7 Å². The van der Waals surface area contributed by atoms with Crippen molar-refractivity contribution in [3.05, 3.63) is 35.4 Å². The topological polar surface area (TPSA) is 66.4 Å². The van der Waals surface area contributed by atoms with E-state index >= 15 is 0 Å². The zero-order valence-electron chi connectivity index (χ0n) is 13.8. The van der Waals surface area contributed by atoms with Crippen LogP contribution < -0.4 is 5.32 Å². The third-order valence-electron chi connectivity index (χ3n) is 5.72. The van der Waals surface area contributed by atoms with Gasteiger partial charge in [-0.1, -0.05) is 24.3 Å². The quantitative estimate of drug-likeness (QED) is 0.734. The predicted octanol–water partition coefficient (Wildman–Crippen LogP) is 2.85. The molecule has 0 aromatic heterocycles. The molecular formula is C19H25NO3S. The van der Waals surface area contributed by atoms with Gasteiger partial charge in [-0.3, -0.25) is 9.59 Å². The van der Waals surface area contributed by atoms with Crippen LogP contribution in [-0.4, -0.2) is 28.8 Å². The van der Waals surface area contributed by atoms with E-state index in [2.05, 4.69) is 30.1 Å². The van der Waals surface area contributed by atoms with Crippen molar-refractivity contribution in [2.75, 3.05) is 5.75 Å². The van der Waals surface area contributed by atoms with Crippen LogP contribution in [-0.2, 0) is 22.4 Å². The van der Waals surface area contributed by atoms with Crippen LogP contribution in [0.4, 0.5) is 0 Å². The molecule has 3 rings (SSSR count). The molecule has 4 nitrogen and oxygen atoms in total. The lowest BCUT2D eigenvalue weighted by Crippen LogP contribution is -2.50. The van der Waals surface area contributed by atoms with Crippen molar-refractivity contribution in [1.29, 1.82) is 0 Å². The summed E-state index contributed by atoms with van der Waals surface area (Å²) < 4.78 is 0. The fraction of sp³-hybridized carbons (Fsp3) is 0.579. The monoisotopic (exact) mass is 347 g/mol. The number of hydrogen-bond donors (Lipinski definition) is 3. The SMILES string of the molecule is O=C(N[C@H]1CC[C@@H](C(=O)O)CC1)C1(CS)CCc2ccccc2C1. The molecule has 2 N–H and O–H groups in total. The highest BCUT2D eigenvalue weighted by atomic mass is 32.1. The number of aliphatic carboxylic acids is 1. The highest BCUT2D eigenvalue weighted by molar-refractivity contribution is 7.80. The van der Waals surface area contributed by atoms with E-state index in [1.807, 2.05) is 12.1 Å². The van der Waals surface area contributed by atoms with Gasteiger partial charge in [0.2, 0.25) is 5.91 Å². The minimum atomic E-state index is -0.713. The Morgan fingerprint density at radius 1 is 1.17 bits per heavy atom. The maximum Gasteiger partial charge on any atom is 0.306 e. The molecule has 0 heterocycles. The summed E-state index contributed by atoms with van der Waals surface area (Å²) in [6.45, 7) is 0. The summed E-state index contributed by atoms with van der Waals surface area (Å²) in [5, 5.41) is 12.3. The van der Waals surface area contributed by atoms with Crippen molar-refractivity contribution in [1.82, 2.24) is 5.32 Å². The van der Waals surface area contributed by atoms with Crippen LogP contribution >= 0.6 is 12.6 Å². The molecule has 0 bridgehead atoms. The lowest BCUT2D eigenvalue weighted by atomic mass is 9.71. The first-order chi connectivity index (χ1) is 11.5. The molecule has 1 amide bonds. The van der Waals surface area contributed by atoms with Gasteiger partial charge in [0.05, 0.1) is 11.3 Å². The van der Waals surface area contributed by atoms with Gasteiger partial charge in [0.15, 0.2) is 0 Å². The molecule has 5 heteroatoms. The van der Waals surface area contributed by atoms with Crippen molar-refractivity contribution in [2.45, 2.75) is 51.0 Å². The molecule has 2 aliphatic carbocycles. The molecule has 1 saturated carbocycles. The maximum absolute atomic E-state index is 13.0. The summed E-state index contributed by atoms with van der Waals surface area (Å²) in [7, 11) is 0.